The van der Waals surface area contributed by atoms with Crippen molar-refractivity contribution in [1.29, 1.82) is 0 Å². The summed E-state index contributed by atoms with van der Waals surface area (Å²) in [6.07, 6.45) is 6.02. The number of nitrogens with zero attached hydrogens (tertiary/aromatic N) is 1. The number of nitrogens with one attached hydrogen (secondary N) is 1. The van der Waals surface area contributed by atoms with Gasteiger partial charge in [0.15, 0.2) is 0 Å². The highest BCUT2D eigenvalue weighted by atomic mass is 79.9. The lowest BCUT2D eigenvalue weighted by Crippen LogP contribution is -2.27. The van der Waals surface area contributed by atoms with E-state index in [2.05, 4.69) is 26.2 Å². The molecular formula is C19H19BrN2O4. The fraction of sp³-hybridized carbons (Fsp3) is 0.211. The third-order valence-electron chi connectivity index (χ3n) is 3.22. The Kier molecular flexibility index (Phi) is 7.82. The molecule has 6 nitrogen and oxygen atoms in total. The summed E-state index contributed by atoms with van der Waals surface area (Å²) in [5.74, 6) is -0.0698. The number of rotatable bonds is 8. The van der Waals surface area contributed by atoms with Gasteiger partial charge in [-0.3, -0.25) is 9.78 Å². The highest BCUT2D eigenvalue weighted by Crippen LogP contribution is 2.19. The predicted octanol–water partition coefficient (Wildman–Crippen LogP) is 3.23. The number of aromatic nitrogens is 1. The normalized spacial score (nSPS) is 10.5. The van der Waals surface area contributed by atoms with Crippen LogP contribution in [0, 0.1) is 0 Å². The van der Waals surface area contributed by atoms with Crippen LogP contribution in [0.1, 0.15) is 22.8 Å². The molecule has 0 bridgehead atoms. The molecule has 7 heteroatoms. The van der Waals surface area contributed by atoms with Crippen molar-refractivity contribution < 1.29 is 19.1 Å². The van der Waals surface area contributed by atoms with E-state index in [-0.39, 0.29) is 19.1 Å². The second-order valence-corrected chi connectivity index (χ2v) is 6.04. The van der Waals surface area contributed by atoms with Gasteiger partial charge in [-0.1, -0.05) is 18.2 Å². The molecule has 0 aliphatic heterocycles. The van der Waals surface area contributed by atoms with Gasteiger partial charge in [0.05, 0.1) is 18.7 Å². The average molecular weight is 419 g/mol. The highest BCUT2D eigenvalue weighted by Gasteiger charge is 2.06. The molecule has 2 rings (SSSR count). The van der Waals surface area contributed by atoms with Gasteiger partial charge in [-0.25, -0.2) is 4.79 Å². The first-order chi connectivity index (χ1) is 12.6. The smallest absolute Gasteiger partial charge is 0.330 e. The van der Waals surface area contributed by atoms with E-state index in [1.807, 2.05) is 31.2 Å². The van der Waals surface area contributed by atoms with Crippen LogP contribution in [-0.2, 0) is 9.53 Å². The minimum Gasteiger partial charge on any atom is -0.493 e. The summed E-state index contributed by atoms with van der Waals surface area (Å²) >= 11 is 3.25. The third-order valence-corrected chi connectivity index (χ3v) is 3.65. The number of ether oxygens (including phenoxy) is 2. The molecular weight excluding hydrogens is 400 g/mol. The Morgan fingerprint density at radius 2 is 2.08 bits per heavy atom. The largest absolute Gasteiger partial charge is 0.493 e. The molecule has 0 radical (unpaired) electrons. The quantitative estimate of drug-likeness (QED) is 0.404. The molecule has 26 heavy (non-hydrogen) atoms. The summed E-state index contributed by atoms with van der Waals surface area (Å²) in [5.41, 5.74) is 1.22. The van der Waals surface area contributed by atoms with Crippen molar-refractivity contribution in [3.8, 4) is 5.75 Å². The molecule has 1 aromatic carbocycles. The number of para-hydroxylation sites is 1. The maximum Gasteiger partial charge on any atom is 0.330 e. The van der Waals surface area contributed by atoms with E-state index in [4.69, 9.17) is 9.47 Å². The van der Waals surface area contributed by atoms with Gasteiger partial charge in [0.25, 0.3) is 5.91 Å². The lowest BCUT2D eigenvalue weighted by Gasteiger charge is -2.07. The maximum atomic E-state index is 11.9. The number of benzene rings is 1. The van der Waals surface area contributed by atoms with Crippen LogP contribution in [0.25, 0.3) is 6.08 Å². The Morgan fingerprint density at radius 3 is 2.85 bits per heavy atom. The third kappa shape index (κ3) is 6.33. The van der Waals surface area contributed by atoms with Crippen LogP contribution in [-0.4, -0.2) is 36.6 Å². The van der Waals surface area contributed by atoms with Crippen LogP contribution in [0.4, 0.5) is 0 Å². The fourth-order valence-electron chi connectivity index (χ4n) is 2.07. The first-order valence-corrected chi connectivity index (χ1v) is 8.85. The predicted molar refractivity (Wildman–Crippen MR) is 102 cm³/mol. The number of carbonyl (C=O) groups excluding carboxylic acids is 2. The average Bonchev–Trinajstić information content (AvgIpc) is 2.64. The number of carbonyl (C=O) groups is 2. The SMILES string of the molecule is CCOc1ccccc1/C=C/C(=O)OCCNC(=O)c1cncc(Br)c1. The van der Waals surface area contributed by atoms with Crippen molar-refractivity contribution in [2.75, 3.05) is 19.8 Å². The Balaban J connectivity index is 1.76. The molecule has 0 unspecified atom stereocenters. The number of pyridine rings is 1. The van der Waals surface area contributed by atoms with Crippen molar-refractivity contribution in [3.63, 3.8) is 0 Å². The van der Waals surface area contributed by atoms with Gasteiger partial charge in [0.1, 0.15) is 12.4 Å². The number of hydrogen-bond acceptors (Lipinski definition) is 5. The zero-order chi connectivity index (χ0) is 18.8. The lowest BCUT2D eigenvalue weighted by atomic mass is 10.2. The van der Waals surface area contributed by atoms with Gasteiger partial charge in [-0.15, -0.1) is 0 Å². The van der Waals surface area contributed by atoms with Crippen molar-refractivity contribution in [1.82, 2.24) is 10.3 Å². The molecule has 136 valence electrons. The summed E-state index contributed by atoms with van der Waals surface area (Å²) in [4.78, 5) is 27.6. The van der Waals surface area contributed by atoms with Crippen LogP contribution in [0.2, 0.25) is 0 Å². The van der Waals surface area contributed by atoms with E-state index < -0.39 is 5.97 Å². The first-order valence-electron chi connectivity index (χ1n) is 8.05. The molecule has 0 aliphatic rings. The van der Waals surface area contributed by atoms with Gasteiger partial charge in [0, 0.05) is 28.5 Å². The van der Waals surface area contributed by atoms with Crippen molar-refractivity contribution in [2.24, 2.45) is 0 Å². The van der Waals surface area contributed by atoms with Crippen LogP contribution in [0.15, 0.2) is 53.3 Å². The Hall–Kier alpha value is -2.67. The van der Waals surface area contributed by atoms with E-state index in [0.717, 1.165) is 5.56 Å². The van der Waals surface area contributed by atoms with Gasteiger partial charge in [0.2, 0.25) is 0 Å². The molecule has 0 atom stereocenters. The van der Waals surface area contributed by atoms with E-state index in [9.17, 15) is 9.59 Å². The molecule has 0 spiro atoms. The van der Waals surface area contributed by atoms with Gasteiger partial charge in [-0.2, -0.15) is 0 Å². The van der Waals surface area contributed by atoms with Gasteiger partial charge < -0.3 is 14.8 Å². The monoisotopic (exact) mass is 418 g/mol. The van der Waals surface area contributed by atoms with Crippen LogP contribution in [0.5, 0.6) is 5.75 Å². The number of esters is 1. The molecule has 0 aliphatic carbocycles. The fourth-order valence-corrected chi connectivity index (χ4v) is 2.43. The summed E-state index contributed by atoms with van der Waals surface area (Å²) < 4.78 is 11.3. The molecule has 1 amide bonds. The van der Waals surface area contributed by atoms with Gasteiger partial charge >= 0.3 is 5.97 Å². The molecule has 0 fully saturated rings. The first kappa shape index (κ1) is 19.7. The minimum atomic E-state index is -0.491. The molecule has 0 saturated carbocycles. The van der Waals surface area contributed by atoms with E-state index in [1.165, 1.54) is 12.3 Å². The van der Waals surface area contributed by atoms with Crippen LogP contribution >= 0.6 is 15.9 Å². The Bertz CT molecular complexity index is 793. The summed E-state index contributed by atoms with van der Waals surface area (Å²) in [5, 5.41) is 2.66. The second kappa shape index (κ2) is 10.4. The van der Waals surface area contributed by atoms with E-state index >= 15 is 0 Å². The van der Waals surface area contributed by atoms with Crippen molar-refractivity contribution in [3.05, 3.63) is 64.4 Å². The molecule has 2 aromatic rings. The topological polar surface area (TPSA) is 77.5 Å². The van der Waals surface area contributed by atoms with Crippen molar-refractivity contribution in [2.45, 2.75) is 6.92 Å². The standard InChI is InChI=1S/C19H19BrN2O4/c1-2-25-17-6-4-3-5-14(17)7-8-18(23)26-10-9-22-19(24)15-11-16(20)13-21-12-15/h3-8,11-13H,2,9-10H2,1H3,(H,22,24)/b8-7+. The second-order valence-electron chi connectivity index (χ2n) is 5.12. The zero-order valence-electron chi connectivity index (χ0n) is 14.3. The molecule has 1 aromatic heterocycles. The molecule has 1 heterocycles. The van der Waals surface area contributed by atoms with Crippen molar-refractivity contribution >= 4 is 33.9 Å². The van der Waals surface area contributed by atoms with Crippen LogP contribution in [0.3, 0.4) is 0 Å². The minimum absolute atomic E-state index is 0.0729. The highest BCUT2D eigenvalue weighted by molar-refractivity contribution is 9.10. The van der Waals surface area contributed by atoms with E-state index in [1.54, 1.807) is 18.3 Å². The molecule has 1 N–H and O–H groups in total. The summed E-state index contributed by atoms with van der Waals surface area (Å²) in [7, 11) is 0. The van der Waals surface area contributed by atoms with Gasteiger partial charge in [-0.05, 0) is 41.1 Å². The summed E-state index contributed by atoms with van der Waals surface area (Å²) in [6.45, 7) is 2.72. The molecule has 0 saturated heterocycles. The Labute approximate surface area is 160 Å². The Morgan fingerprint density at radius 1 is 1.27 bits per heavy atom. The van der Waals surface area contributed by atoms with E-state index in [0.29, 0.717) is 22.4 Å². The number of hydrogen-bond donors (Lipinski definition) is 1. The number of halogens is 1. The summed E-state index contributed by atoms with van der Waals surface area (Å²) in [6, 6.07) is 9.07. The van der Waals surface area contributed by atoms with Crippen LogP contribution < -0.4 is 10.1 Å². The zero-order valence-corrected chi connectivity index (χ0v) is 15.9. The maximum absolute atomic E-state index is 11.9. The number of amides is 1. The lowest BCUT2D eigenvalue weighted by molar-refractivity contribution is -0.137.